The summed E-state index contributed by atoms with van der Waals surface area (Å²) in [5.74, 6) is -1.46. The van der Waals surface area contributed by atoms with Gasteiger partial charge in [0.1, 0.15) is 24.7 Å². The topological polar surface area (TPSA) is 87.1 Å². The molecule has 1 amide bonds. The van der Waals surface area contributed by atoms with Gasteiger partial charge in [-0.15, -0.1) is 0 Å². The molecule has 2 aromatic rings. The van der Waals surface area contributed by atoms with Crippen LogP contribution in [0.3, 0.4) is 0 Å². The Morgan fingerprint density at radius 3 is 2.40 bits per heavy atom. The summed E-state index contributed by atoms with van der Waals surface area (Å²) in [6.45, 7) is 3.31. The third-order valence-corrected chi connectivity index (χ3v) is 3.64. The average molecular weight is 343 g/mol. The zero-order valence-electron chi connectivity index (χ0n) is 14.2. The van der Waals surface area contributed by atoms with Gasteiger partial charge in [0, 0.05) is 6.04 Å². The highest BCUT2D eigenvalue weighted by molar-refractivity contribution is 5.98. The third kappa shape index (κ3) is 4.97. The van der Waals surface area contributed by atoms with Gasteiger partial charge in [-0.3, -0.25) is 9.59 Å². The maximum Gasteiger partial charge on any atom is 0.323 e. The molecule has 0 aliphatic carbocycles. The first-order chi connectivity index (χ1) is 11.9. The summed E-state index contributed by atoms with van der Waals surface area (Å²) in [5, 5.41) is 19.0. The smallest absolute Gasteiger partial charge is 0.323 e. The highest BCUT2D eigenvalue weighted by atomic mass is 16.5. The molecule has 0 bridgehead atoms. The average Bonchev–Trinajstić information content (AvgIpc) is 2.59. The molecular weight excluding hydrogens is 322 g/mol. The van der Waals surface area contributed by atoms with Crippen LogP contribution in [0.15, 0.2) is 48.5 Å². The number of aromatic hydroxyl groups is 1. The number of carbonyl (C=O) groups is 2. The molecule has 0 unspecified atom stereocenters. The molecule has 0 aliphatic rings. The van der Waals surface area contributed by atoms with Crippen LogP contribution in [0.4, 0.5) is 0 Å². The van der Waals surface area contributed by atoms with Gasteiger partial charge in [0.25, 0.3) is 5.91 Å². The minimum Gasteiger partial charge on any atom is -0.507 e. The van der Waals surface area contributed by atoms with Crippen molar-refractivity contribution in [3.63, 3.8) is 0 Å². The summed E-state index contributed by atoms with van der Waals surface area (Å²) in [7, 11) is 0. The van der Waals surface area contributed by atoms with Crippen molar-refractivity contribution < 1.29 is 24.5 Å². The van der Waals surface area contributed by atoms with Crippen LogP contribution >= 0.6 is 0 Å². The molecule has 6 nitrogen and oxygen atoms in total. The van der Waals surface area contributed by atoms with E-state index in [1.807, 2.05) is 30.3 Å². The normalized spacial score (nSPS) is 10.5. The Morgan fingerprint density at radius 2 is 1.80 bits per heavy atom. The van der Waals surface area contributed by atoms with E-state index in [0.29, 0.717) is 12.4 Å². The third-order valence-electron chi connectivity index (χ3n) is 3.64. The lowest BCUT2D eigenvalue weighted by molar-refractivity contribution is -0.138. The van der Waals surface area contributed by atoms with Crippen molar-refractivity contribution >= 4 is 11.9 Å². The highest BCUT2D eigenvalue weighted by Crippen LogP contribution is 2.25. The number of carboxylic acid groups (broad SMARTS) is 1. The largest absolute Gasteiger partial charge is 0.507 e. The number of hydrogen-bond donors (Lipinski definition) is 2. The van der Waals surface area contributed by atoms with Crippen LogP contribution in [0.5, 0.6) is 11.5 Å². The Bertz CT molecular complexity index is 743. The van der Waals surface area contributed by atoms with Gasteiger partial charge in [0.2, 0.25) is 0 Å². The molecule has 0 saturated carbocycles. The van der Waals surface area contributed by atoms with Crippen molar-refractivity contribution in [1.29, 1.82) is 0 Å². The van der Waals surface area contributed by atoms with E-state index in [1.54, 1.807) is 19.9 Å². The minimum absolute atomic E-state index is 0.0144. The van der Waals surface area contributed by atoms with Crippen LogP contribution in [0.2, 0.25) is 0 Å². The number of nitrogens with zero attached hydrogens (tertiary/aromatic N) is 1. The molecule has 0 atom stereocenters. The van der Waals surface area contributed by atoms with Crippen LogP contribution in [0.25, 0.3) is 0 Å². The van der Waals surface area contributed by atoms with E-state index in [0.717, 1.165) is 5.56 Å². The number of ether oxygens (including phenoxy) is 1. The van der Waals surface area contributed by atoms with E-state index in [4.69, 9.17) is 9.84 Å². The Labute approximate surface area is 146 Å². The number of rotatable bonds is 7. The first-order valence-corrected chi connectivity index (χ1v) is 7.91. The van der Waals surface area contributed by atoms with E-state index in [-0.39, 0.29) is 17.4 Å². The lowest BCUT2D eigenvalue weighted by Gasteiger charge is -2.25. The standard InChI is InChI=1S/C19H21NO5/c1-13(2)20(11-18(22)23)19(24)16-10-15(8-9-17(16)21)25-12-14-6-4-3-5-7-14/h3-10,13,21H,11-12H2,1-2H3,(H,22,23). The van der Waals surface area contributed by atoms with E-state index in [2.05, 4.69) is 0 Å². The number of carbonyl (C=O) groups excluding carboxylic acids is 1. The maximum atomic E-state index is 12.6. The fraction of sp³-hybridized carbons (Fsp3) is 0.263. The van der Waals surface area contributed by atoms with Crippen molar-refractivity contribution in [2.24, 2.45) is 0 Å². The van der Waals surface area contributed by atoms with Crippen LogP contribution in [0.1, 0.15) is 29.8 Å². The molecule has 0 radical (unpaired) electrons. The fourth-order valence-corrected chi connectivity index (χ4v) is 2.31. The van der Waals surface area contributed by atoms with Crippen LogP contribution < -0.4 is 4.74 Å². The summed E-state index contributed by atoms with van der Waals surface area (Å²) >= 11 is 0. The van der Waals surface area contributed by atoms with Crippen molar-refractivity contribution in [1.82, 2.24) is 4.90 Å². The molecule has 25 heavy (non-hydrogen) atoms. The van der Waals surface area contributed by atoms with E-state index >= 15 is 0 Å². The molecule has 0 aliphatic heterocycles. The number of benzene rings is 2. The van der Waals surface area contributed by atoms with Crippen LogP contribution in [-0.4, -0.2) is 39.6 Å². The maximum absolute atomic E-state index is 12.6. The molecule has 0 heterocycles. The van der Waals surface area contributed by atoms with Gasteiger partial charge in [-0.1, -0.05) is 30.3 Å². The summed E-state index contributed by atoms with van der Waals surface area (Å²) in [5.41, 5.74) is 0.985. The summed E-state index contributed by atoms with van der Waals surface area (Å²) in [6, 6.07) is 13.6. The van der Waals surface area contributed by atoms with Gasteiger partial charge < -0.3 is 19.8 Å². The predicted octanol–water partition coefficient (Wildman–Crippen LogP) is 2.91. The lowest BCUT2D eigenvalue weighted by atomic mass is 10.1. The van der Waals surface area contributed by atoms with Gasteiger partial charge in [0.15, 0.2) is 0 Å². The molecule has 2 aromatic carbocycles. The zero-order chi connectivity index (χ0) is 18.4. The first kappa shape index (κ1) is 18.3. The molecular formula is C19H21NO5. The number of phenolic OH excluding ortho intramolecular Hbond substituents is 1. The Morgan fingerprint density at radius 1 is 1.12 bits per heavy atom. The van der Waals surface area contributed by atoms with Gasteiger partial charge in [0.05, 0.1) is 5.56 Å². The second-order valence-corrected chi connectivity index (χ2v) is 5.87. The molecule has 132 valence electrons. The van der Waals surface area contributed by atoms with E-state index in [1.165, 1.54) is 17.0 Å². The SMILES string of the molecule is CC(C)N(CC(=O)O)C(=O)c1cc(OCc2ccccc2)ccc1O. The summed E-state index contributed by atoms with van der Waals surface area (Å²) < 4.78 is 5.66. The number of carboxylic acids is 1. The molecule has 0 fully saturated rings. The van der Waals surface area contributed by atoms with Gasteiger partial charge >= 0.3 is 5.97 Å². The minimum atomic E-state index is -1.11. The number of aliphatic carboxylic acids is 1. The van der Waals surface area contributed by atoms with Crippen molar-refractivity contribution in [3.8, 4) is 11.5 Å². The quantitative estimate of drug-likeness (QED) is 0.807. The lowest BCUT2D eigenvalue weighted by Crippen LogP contribution is -2.40. The Balaban J connectivity index is 2.19. The summed E-state index contributed by atoms with van der Waals surface area (Å²) in [4.78, 5) is 24.8. The van der Waals surface area contributed by atoms with E-state index in [9.17, 15) is 14.7 Å². The molecule has 0 spiro atoms. The molecule has 6 heteroatoms. The zero-order valence-corrected chi connectivity index (χ0v) is 14.2. The molecule has 2 rings (SSSR count). The van der Waals surface area contributed by atoms with Gasteiger partial charge in [-0.2, -0.15) is 0 Å². The van der Waals surface area contributed by atoms with Crippen LogP contribution in [-0.2, 0) is 11.4 Å². The van der Waals surface area contributed by atoms with E-state index < -0.39 is 18.4 Å². The monoisotopic (exact) mass is 343 g/mol. The Hall–Kier alpha value is -3.02. The first-order valence-electron chi connectivity index (χ1n) is 7.91. The van der Waals surface area contributed by atoms with Crippen molar-refractivity contribution in [3.05, 3.63) is 59.7 Å². The Kier molecular flexibility index (Phi) is 6.00. The number of amides is 1. The molecule has 2 N–H and O–H groups in total. The summed E-state index contributed by atoms with van der Waals surface area (Å²) in [6.07, 6.45) is 0. The second kappa shape index (κ2) is 8.19. The van der Waals surface area contributed by atoms with Crippen molar-refractivity contribution in [2.45, 2.75) is 26.5 Å². The second-order valence-electron chi connectivity index (χ2n) is 5.87. The molecule has 0 saturated heterocycles. The van der Waals surface area contributed by atoms with Crippen LogP contribution in [0, 0.1) is 0 Å². The number of phenols is 1. The number of hydrogen-bond acceptors (Lipinski definition) is 4. The molecule has 0 aromatic heterocycles. The predicted molar refractivity (Wildman–Crippen MR) is 92.7 cm³/mol. The van der Waals surface area contributed by atoms with Gasteiger partial charge in [-0.25, -0.2) is 0 Å². The fourth-order valence-electron chi connectivity index (χ4n) is 2.31. The van der Waals surface area contributed by atoms with Gasteiger partial charge in [-0.05, 0) is 37.6 Å². The van der Waals surface area contributed by atoms with Crippen molar-refractivity contribution in [2.75, 3.05) is 6.54 Å². The highest BCUT2D eigenvalue weighted by Gasteiger charge is 2.24.